The lowest BCUT2D eigenvalue weighted by molar-refractivity contribution is 0.0951. The molecule has 3 aromatic rings. The molecule has 1 aliphatic rings. The molecular weight excluding hydrogens is 525 g/mol. The van der Waals surface area contributed by atoms with Gasteiger partial charge in [-0.2, -0.15) is 0 Å². The maximum absolute atomic E-state index is 12.7. The third-order valence-corrected chi connectivity index (χ3v) is 7.71. The Kier molecular flexibility index (Phi) is 10.1. The van der Waals surface area contributed by atoms with Gasteiger partial charge in [-0.3, -0.25) is 14.7 Å². The van der Waals surface area contributed by atoms with Crippen molar-refractivity contribution < 1.29 is 4.79 Å². The van der Waals surface area contributed by atoms with Crippen LogP contribution in [0.4, 0.5) is 0 Å². The number of benzene rings is 1. The molecule has 1 amide bonds. The van der Waals surface area contributed by atoms with E-state index in [0.29, 0.717) is 12.6 Å². The van der Waals surface area contributed by atoms with Gasteiger partial charge in [-0.25, -0.2) is 4.98 Å². The lowest BCUT2D eigenvalue weighted by atomic mass is 9.89. The van der Waals surface area contributed by atoms with Crippen molar-refractivity contribution >= 4 is 40.4 Å². The van der Waals surface area contributed by atoms with Gasteiger partial charge in [0.1, 0.15) is 5.01 Å². The molecule has 1 aliphatic carbocycles. The molecule has 2 aromatic heterocycles. The molecule has 0 saturated heterocycles. The maximum Gasteiger partial charge on any atom is 0.254 e. The van der Waals surface area contributed by atoms with Crippen LogP contribution in [0.25, 0.3) is 0 Å². The minimum atomic E-state index is -0.318. The van der Waals surface area contributed by atoms with E-state index < -0.39 is 0 Å². The van der Waals surface area contributed by atoms with Gasteiger partial charge in [-0.05, 0) is 49.1 Å². The van der Waals surface area contributed by atoms with E-state index in [9.17, 15) is 4.79 Å². The van der Waals surface area contributed by atoms with Crippen molar-refractivity contribution in [1.29, 1.82) is 0 Å². The second-order valence-corrected chi connectivity index (χ2v) is 10.8. The summed E-state index contributed by atoms with van der Waals surface area (Å²) in [4.78, 5) is 23.7. The minimum Gasteiger partial charge on any atom is -0.394 e. The number of nitrogens with one attached hydrogen (secondary N) is 2. The molecular formula is C28H31Cl2N5OS. The number of hydrogen-bond donors (Lipinski definition) is 2. The van der Waals surface area contributed by atoms with Crippen LogP contribution in [0, 0.1) is 0 Å². The average molecular weight is 557 g/mol. The van der Waals surface area contributed by atoms with Gasteiger partial charge >= 0.3 is 0 Å². The molecule has 194 valence electrons. The van der Waals surface area contributed by atoms with Crippen molar-refractivity contribution in [3.63, 3.8) is 0 Å². The number of allylic oxidation sites excluding steroid dienone is 2. The highest BCUT2D eigenvalue weighted by atomic mass is 35.5. The Morgan fingerprint density at radius 2 is 2.03 bits per heavy atom. The summed E-state index contributed by atoms with van der Waals surface area (Å²) in [5, 5.41) is 9.62. The third kappa shape index (κ3) is 7.89. The van der Waals surface area contributed by atoms with E-state index in [1.54, 1.807) is 11.3 Å². The van der Waals surface area contributed by atoms with Crippen LogP contribution in [0.2, 0.25) is 10.0 Å². The van der Waals surface area contributed by atoms with Crippen LogP contribution in [0.1, 0.15) is 52.2 Å². The topological polar surface area (TPSA) is 70.2 Å². The number of pyridine rings is 1. The molecule has 37 heavy (non-hydrogen) atoms. The van der Waals surface area contributed by atoms with Crippen LogP contribution in [-0.2, 0) is 19.6 Å². The first kappa shape index (κ1) is 27.3. The highest BCUT2D eigenvalue weighted by molar-refractivity contribution is 7.09. The van der Waals surface area contributed by atoms with Crippen LogP contribution in [0.15, 0.2) is 72.2 Å². The second-order valence-electron chi connectivity index (χ2n) is 9.03. The molecule has 0 spiro atoms. The first-order chi connectivity index (χ1) is 18.0. The molecule has 1 atom stereocenters. The van der Waals surface area contributed by atoms with E-state index in [2.05, 4.69) is 49.8 Å². The highest BCUT2D eigenvalue weighted by Crippen LogP contribution is 2.30. The van der Waals surface area contributed by atoms with Gasteiger partial charge in [-0.15, -0.1) is 11.3 Å². The Hall–Kier alpha value is -2.71. The average Bonchev–Trinajstić information content (AvgIpc) is 3.41. The van der Waals surface area contributed by atoms with Gasteiger partial charge in [0.2, 0.25) is 0 Å². The molecule has 0 aliphatic heterocycles. The zero-order valence-corrected chi connectivity index (χ0v) is 23.1. The van der Waals surface area contributed by atoms with Crippen LogP contribution >= 0.6 is 34.5 Å². The van der Waals surface area contributed by atoms with Gasteiger partial charge in [0.25, 0.3) is 5.91 Å². The van der Waals surface area contributed by atoms with Crippen molar-refractivity contribution in [3.8, 4) is 0 Å². The maximum atomic E-state index is 12.7. The number of amides is 1. The number of aromatic nitrogens is 2. The van der Waals surface area contributed by atoms with Crippen LogP contribution in [0.5, 0.6) is 0 Å². The van der Waals surface area contributed by atoms with Gasteiger partial charge in [-0.1, -0.05) is 59.1 Å². The first-order valence-corrected chi connectivity index (χ1v) is 14.0. The summed E-state index contributed by atoms with van der Waals surface area (Å²) in [6, 6.07) is 8.80. The third-order valence-electron chi connectivity index (χ3n) is 6.38. The number of thiazole rings is 1. The van der Waals surface area contributed by atoms with E-state index in [4.69, 9.17) is 23.2 Å². The molecule has 9 heteroatoms. The number of carbonyl (C=O) groups excluding carboxylic acids is 1. The summed E-state index contributed by atoms with van der Waals surface area (Å²) in [7, 11) is 1.91. The predicted octanol–water partition coefficient (Wildman–Crippen LogP) is 6.38. The van der Waals surface area contributed by atoms with E-state index in [1.165, 1.54) is 36.4 Å². The number of hydrogen-bond acceptors (Lipinski definition) is 6. The van der Waals surface area contributed by atoms with Crippen molar-refractivity contribution in [2.45, 2.75) is 51.4 Å². The molecule has 6 nitrogen and oxygen atoms in total. The summed E-state index contributed by atoms with van der Waals surface area (Å²) >= 11 is 14.0. The Labute approximate surface area is 232 Å². The normalized spacial score (nSPS) is 17.0. The zero-order chi connectivity index (χ0) is 26.0. The lowest BCUT2D eigenvalue weighted by Crippen LogP contribution is -2.36. The molecule has 0 radical (unpaired) electrons. The number of nitrogens with zero attached hydrogens (tertiary/aromatic N) is 3. The first-order valence-electron chi connectivity index (χ1n) is 12.3. The molecule has 4 rings (SSSR count). The van der Waals surface area contributed by atoms with E-state index in [1.807, 2.05) is 37.0 Å². The van der Waals surface area contributed by atoms with Gasteiger partial charge in [0, 0.05) is 50.1 Å². The van der Waals surface area contributed by atoms with Gasteiger partial charge in [0.15, 0.2) is 0 Å². The standard InChI is InChI=1S/C28H31Cl2N5OS/c1-31-10-4-8-20-5-3-9-23(14-20)35(19-26-33-11-12-37-26)18-22-7-2-6-21(13-22)15-34-28(36)27-24(29)16-32-17-25(27)30/h2,4,6-8,10-13,16-17,23,31H,3,5,9,14-15,18-19H2,1H3,(H,34,36)/b10-4-,20-8-. The fourth-order valence-corrected chi connectivity index (χ4v) is 5.78. The van der Waals surface area contributed by atoms with Gasteiger partial charge < -0.3 is 10.6 Å². The second kappa shape index (κ2) is 13.7. The summed E-state index contributed by atoms with van der Waals surface area (Å²) in [5.74, 6) is -0.318. The molecule has 1 fully saturated rings. The molecule has 2 heterocycles. The van der Waals surface area contributed by atoms with Crippen LogP contribution in [0.3, 0.4) is 0 Å². The number of carbonyl (C=O) groups is 1. The summed E-state index contributed by atoms with van der Waals surface area (Å²) in [5.41, 5.74) is 3.95. The van der Waals surface area contributed by atoms with Gasteiger partial charge in [0.05, 0.1) is 22.2 Å². The van der Waals surface area contributed by atoms with Crippen LogP contribution in [-0.4, -0.2) is 33.9 Å². The van der Waals surface area contributed by atoms with Crippen molar-refractivity contribution in [3.05, 3.63) is 104 Å². The lowest BCUT2D eigenvalue weighted by Gasteiger charge is -2.35. The fraction of sp³-hybridized carbons (Fsp3) is 0.321. The Morgan fingerprint density at radius 1 is 1.22 bits per heavy atom. The minimum absolute atomic E-state index is 0.235. The van der Waals surface area contributed by atoms with Crippen molar-refractivity contribution in [1.82, 2.24) is 25.5 Å². The summed E-state index contributed by atoms with van der Waals surface area (Å²) in [6.07, 6.45) is 15.6. The summed E-state index contributed by atoms with van der Waals surface area (Å²) < 4.78 is 0. The molecule has 1 aromatic carbocycles. The van der Waals surface area contributed by atoms with E-state index >= 15 is 0 Å². The largest absolute Gasteiger partial charge is 0.394 e. The Balaban J connectivity index is 1.46. The predicted molar refractivity (Wildman–Crippen MR) is 152 cm³/mol. The fourth-order valence-electron chi connectivity index (χ4n) is 4.61. The smallest absolute Gasteiger partial charge is 0.254 e. The Bertz CT molecular complexity index is 1220. The highest BCUT2D eigenvalue weighted by Gasteiger charge is 2.24. The quantitative estimate of drug-likeness (QED) is 0.303. The molecule has 2 N–H and O–H groups in total. The molecule has 0 bridgehead atoms. The number of rotatable bonds is 10. The SMILES string of the molecule is CN/C=C\C=C1\CCCC(N(Cc2cccc(CNC(=O)c3c(Cl)cncc3Cl)c2)Cc2nccs2)C1. The van der Waals surface area contributed by atoms with Crippen LogP contribution < -0.4 is 10.6 Å². The van der Waals surface area contributed by atoms with Crippen molar-refractivity contribution in [2.24, 2.45) is 0 Å². The van der Waals surface area contributed by atoms with E-state index in [0.717, 1.165) is 36.5 Å². The molecule has 1 unspecified atom stereocenters. The summed E-state index contributed by atoms with van der Waals surface area (Å²) in [6.45, 7) is 2.01. The zero-order valence-electron chi connectivity index (χ0n) is 20.8. The van der Waals surface area contributed by atoms with Crippen molar-refractivity contribution in [2.75, 3.05) is 7.05 Å². The van der Waals surface area contributed by atoms with E-state index in [-0.39, 0.29) is 21.5 Å². The molecule has 1 saturated carbocycles. The number of halogens is 2. The monoisotopic (exact) mass is 555 g/mol. The Morgan fingerprint density at radius 3 is 2.78 bits per heavy atom.